The van der Waals surface area contributed by atoms with Gasteiger partial charge in [-0.25, -0.2) is 0 Å². The molecule has 1 atom stereocenters. The summed E-state index contributed by atoms with van der Waals surface area (Å²) >= 11 is 0. The van der Waals surface area contributed by atoms with Crippen LogP contribution in [0.4, 0.5) is 0 Å². The van der Waals surface area contributed by atoms with E-state index in [1.54, 1.807) is 6.20 Å². The molecule has 0 N–H and O–H groups in total. The van der Waals surface area contributed by atoms with Crippen LogP contribution in [-0.4, -0.2) is 10.8 Å². The number of aryl methyl sites for hydroxylation is 1. The van der Waals surface area contributed by atoms with Crippen LogP contribution in [0.25, 0.3) is 0 Å². The maximum absolute atomic E-state index is 11.5. The van der Waals surface area contributed by atoms with E-state index in [0.717, 1.165) is 30.5 Å². The summed E-state index contributed by atoms with van der Waals surface area (Å²) in [6, 6.07) is 3.98. The first-order valence-corrected chi connectivity index (χ1v) is 4.72. The van der Waals surface area contributed by atoms with E-state index in [-0.39, 0.29) is 5.92 Å². The Morgan fingerprint density at radius 3 is 3.00 bits per heavy atom. The summed E-state index contributed by atoms with van der Waals surface area (Å²) in [6.45, 7) is 1.96. The Morgan fingerprint density at radius 2 is 2.38 bits per heavy atom. The van der Waals surface area contributed by atoms with Crippen LogP contribution in [-0.2, 0) is 4.79 Å². The Kier molecular flexibility index (Phi) is 2.13. The third-order valence-electron chi connectivity index (χ3n) is 2.63. The topological polar surface area (TPSA) is 30.0 Å². The van der Waals surface area contributed by atoms with Gasteiger partial charge in [-0.1, -0.05) is 0 Å². The van der Waals surface area contributed by atoms with Crippen molar-refractivity contribution < 1.29 is 4.79 Å². The molecule has 0 spiro atoms. The highest BCUT2D eigenvalue weighted by Gasteiger charge is 2.25. The number of carbonyl (C=O) groups is 1. The molecule has 13 heavy (non-hydrogen) atoms. The summed E-state index contributed by atoms with van der Waals surface area (Å²) in [6.07, 6.45) is 4.61. The molecular weight excluding hydrogens is 162 g/mol. The fraction of sp³-hybridized carbons (Fsp3) is 0.455. The van der Waals surface area contributed by atoms with E-state index in [4.69, 9.17) is 0 Å². The van der Waals surface area contributed by atoms with Gasteiger partial charge in [0.1, 0.15) is 5.78 Å². The second kappa shape index (κ2) is 3.29. The zero-order valence-electron chi connectivity index (χ0n) is 7.79. The Bertz CT molecular complexity index is 333. The van der Waals surface area contributed by atoms with Crippen molar-refractivity contribution in [2.45, 2.75) is 32.1 Å². The highest BCUT2D eigenvalue weighted by atomic mass is 16.1. The molecule has 0 aliphatic heterocycles. The van der Waals surface area contributed by atoms with Gasteiger partial charge in [0.15, 0.2) is 0 Å². The van der Waals surface area contributed by atoms with Crippen LogP contribution in [0.5, 0.6) is 0 Å². The zero-order chi connectivity index (χ0) is 9.26. The zero-order valence-corrected chi connectivity index (χ0v) is 7.79. The molecule has 1 aliphatic rings. The third kappa shape index (κ3) is 1.62. The van der Waals surface area contributed by atoms with Crippen molar-refractivity contribution in [3.63, 3.8) is 0 Å². The van der Waals surface area contributed by atoms with Gasteiger partial charge in [0.2, 0.25) is 0 Å². The fourth-order valence-electron chi connectivity index (χ4n) is 1.95. The average molecular weight is 175 g/mol. The molecule has 2 nitrogen and oxygen atoms in total. The summed E-state index contributed by atoms with van der Waals surface area (Å²) in [7, 11) is 0. The number of hydrogen-bond donors (Lipinski definition) is 0. The van der Waals surface area contributed by atoms with Gasteiger partial charge in [-0.2, -0.15) is 0 Å². The monoisotopic (exact) mass is 175 g/mol. The SMILES string of the molecule is Cc1cc(C2CCCC2=O)ccn1. The third-order valence-corrected chi connectivity index (χ3v) is 2.63. The molecule has 0 amide bonds. The quantitative estimate of drug-likeness (QED) is 0.655. The van der Waals surface area contributed by atoms with Crippen molar-refractivity contribution >= 4 is 5.78 Å². The molecule has 0 aromatic carbocycles. The number of aromatic nitrogens is 1. The molecule has 68 valence electrons. The lowest BCUT2D eigenvalue weighted by molar-refractivity contribution is -0.118. The van der Waals surface area contributed by atoms with Crippen molar-refractivity contribution in [2.75, 3.05) is 0 Å². The van der Waals surface area contributed by atoms with Gasteiger partial charge in [0.05, 0.1) is 0 Å². The maximum Gasteiger partial charge on any atom is 0.140 e. The number of carbonyl (C=O) groups excluding carboxylic acids is 1. The van der Waals surface area contributed by atoms with Crippen LogP contribution in [0.3, 0.4) is 0 Å². The molecule has 1 unspecified atom stereocenters. The molecule has 1 saturated carbocycles. The molecule has 0 radical (unpaired) electrons. The van der Waals surface area contributed by atoms with Gasteiger partial charge >= 0.3 is 0 Å². The molecule has 1 fully saturated rings. The van der Waals surface area contributed by atoms with Crippen LogP contribution >= 0.6 is 0 Å². The minimum atomic E-state index is 0.154. The lowest BCUT2D eigenvalue weighted by Crippen LogP contribution is -2.04. The van der Waals surface area contributed by atoms with E-state index >= 15 is 0 Å². The van der Waals surface area contributed by atoms with Crippen LogP contribution in [0.1, 0.15) is 36.4 Å². The van der Waals surface area contributed by atoms with Crippen LogP contribution in [0.15, 0.2) is 18.3 Å². The van der Waals surface area contributed by atoms with E-state index in [1.807, 2.05) is 19.1 Å². The number of nitrogens with zero attached hydrogens (tertiary/aromatic N) is 1. The van der Waals surface area contributed by atoms with Gasteiger partial charge in [-0.15, -0.1) is 0 Å². The van der Waals surface area contributed by atoms with Gasteiger partial charge < -0.3 is 0 Å². The largest absolute Gasteiger partial charge is 0.299 e. The highest BCUT2D eigenvalue weighted by molar-refractivity contribution is 5.87. The fourth-order valence-corrected chi connectivity index (χ4v) is 1.95. The lowest BCUT2D eigenvalue weighted by atomic mass is 9.97. The number of rotatable bonds is 1. The van der Waals surface area contributed by atoms with E-state index in [1.165, 1.54) is 0 Å². The number of pyridine rings is 1. The van der Waals surface area contributed by atoms with E-state index < -0.39 is 0 Å². The van der Waals surface area contributed by atoms with E-state index in [0.29, 0.717) is 5.78 Å². The first-order valence-electron chi connectivity index (χ1n) is 4.72. The van der Waals surface area contributed by atoms with Crippen molar-refractivity contribution in [1.29, 1.82) is 0 Å². The molecule has 2 rings (SSSR count). The minimum Gasteiger partial charge on any atom is -0.299 e. The first-order chi connectivity index (χ1) is 6.27. The molecular formula is C11H13NO. The van der Waals surface area contributed by atoms with Gasteiger partial charge in [0.25, 0.3) is 0 Å². The Labute approximate surface area is 78.0 Å². The Balaban J connectivity index is 2.29. The molecule has 1 aromatic rings. The van der Waals surface area contributed by atoms with Gasteiger partial charge in [-0.05, 0) is 37.5 Å². The second-order valence-electron chi connectivity index (χ2n) is 3.64. The summed E-state index contributed by atoms with van der Waals surface area (Å²) in [4.78, 5) is 15.6. The second-order valence-corrected chi connectivity index (χ2v) is 3.64. The van der Waals surface area contributed by atoms with Crippen LogP contribution in [0, 0.1) is 6.92 Å². The molecule has 2 heteroatoms. The summed E-state index contributed by atoms with van der Waals surface area (Å²) in [5, 5.41) is 0. The molecule has 0 saturated heterocycles. The van der Waals surface area contributed by atoms with Crippen molar-refractivity contribution in [2.24, 2.45) is 0 Å². The molecule has 0 bridgehead atoms. The van der Waals surface area contributed by atoms with Gasteiger partial charge in [0, 0.05) is 24.2 Å². The van der Waals surface area contributed by atoms with E-state index in [2.05, 4.69) is 4.98 Å². The minimum absolute atomic E-state index is 0.154. The van der Waals surface area contributed by atoms with Gasteiger partial charge in [-0.3, -0.25) is 9.78 Å². The van der Waals surface area contributed by atoms with Crippen molar-refractivity contribution in [3.05, 3.63) is 29.6 Å². The number of ketones is 1. The number of hydrogen-bond acceptors (Lipinski definition) is 2. The predicted octanol–water partition coefficient (Wildman–Crippen LogP) is 2.23. The van der Waals surface area contributed by atoms with Crippen LogP contribution < -0.4 is 0 Å². The summed E-state index contributed by atoms with van der Waals surface area (Å²) in [5.41, 5.74) is 2.15. The van der Waals surface area contributed by atoms with Crippen molar-refractivity contribution in [3.8, 4) is 0 Å². The van der Waals surface area contributed by atoms with Crippen LogP contribution in [0.2, 0.25) is 0 Å². The lowest BCUT2D eigenvalue weighted by Gasteiger charge is -2.07. The highest BCUT2D eigenvalue weighted by Crippen LogP contribution is 2.30. The molecule has 1 aliphatic carbocycles. The smallest absolute Gasteiger partial charge is 0.140 e. The maximum atomic E-state index is 11.5. The molecule has 1 heterocycles. The number of Topliss-reactive ketones (excluding diaryl/α,β-unsaturated/α-hetero) is 1. The van der Waals surface area contributed by atoms with Crippen molar-refractivity contribution in [1.82, 2.24) is 4.98 Å². The Morgan fingerprint density at radius 1 is 1.54 bits per heavy atom. The normalized spacial score (nSPS) is 22.2. The summed E-state index contributed by atoms with van der Waals surface area (Å²) in [5.74, 6) is 0.548. The average Bonchev–Trinajstić information content (AvgIpc) is 2.51. The van der Waals surface area contributed by atoms with E-state index in [9.17, 15) is 4.79 Å². The first kappa shape index (κ1) is 8.42. The molecule has 1 aromatic heterocycles. The standard InChI is InChI=1S/C11H13NO/c1-8-7-9(5-6-12-8)10-3-2-4-11(10)13/h5-7,10H,2-4H2,1H3. The predicted molar refractivity (Wildman–Crippen MR) is 50.6 cm³/mol. The summed E-state index contributed by atoms with van der Waals surface area (Å²) < 4.78 is 0. The Hall–Kier alpha value is -1.18.